The lowest BCUT2D eigenvalue weighted by atomic mass is 10.1. The van der Waals surface area contributed by atoms with Crippen LogP contribution in [0.4, 0.5) is 0 Å². The molecule has 0 aliphatic rings. The van der Waals surface area contributed by atoms with Gasteiger partial charge in [0.2, 0.25) is 0 Å². The molecule has 1 unspecified atom stereocenters. The summed E-state index contributed by atoms with van der Waals surface area (Å²) in [6.45, 7) is 4.19. The van der Waals surface area contributed by atoms with Gasteiger partial charge in [0.05, 0.1) is 19.4 Å². The van der Waals surface area contributed by atoms with Gasteiger partial charge in [0.1, 0.15) is 6.04 Å². The average molecular weight is 267 g/mol. The average Bonchev–Trinajstić information content (AvgIpc) is 2.24. The lowest BCUT2D eigenvalue weighted by molar-refractivity contribution is -0.138. The first kappa shape index (κ1) is 16.6. The molecule has 102 valence electrons. The van der Waals surface area contributed by atoms with E-state index in [0.717, 1.165) is 0 Å². The first-order valence-corrected chi connectivity index (χ1v) is 7.54. The van der Waals surface area contributed by atoms with Crippen LogP contribution in [0.25, 0.3) is 0 Å². The van der Waals surface area contributed by atoms with Crippen molar-refractivity contribution in [1.29, 1.82) is 0 Å². The fourth-order valence-electron chi connectivity index (χ4n) is 1.35. The van der Waals surface area contributed by atoms with Gasteiger partial charge >= 0.3 is 13.6 Å². The van der Waals surface area contributed by atoms with Crippen LogP contribution in [0.1, 0.15) is 33.1 Å². The molecule has 0 aromatic heterocycles. The minimum atomic E-state index is -2.99. The Morgan fingerprint density at radius 2 is 1.82 bits per heavy atom. The van der Waals surface area contributed by atoms with Crippen molar-refractivity contribution in [3.05, 3.63) is 0 Å². The van der Waals surface area contributed by atoms with Crippen LogP contribution < -0.4 is 5.73 Å². The molecule has 0 aliphatic carbocycles. The smallest absolute Gasteiger partial charge is 0.330 e. The molecule has 0 saturated carbocycles. The van der Waals surface area contributed by atoms with E-state index < -0.39 is 19.6 Å². The van der Waals surface area contributed by atoms with Crippen molar-refractivity contribution in [2.45, 2.75) is 39.2 Å². The summed E-state index contributed by atoms with van der Waals surface area (Å²) in [5.41, 5.74) is 5.35. The van der Waals surface area contributed by atoms with Gasteiger partial charge in [-0.3, -0.25) is 9.36 Å². The van der Waals surface area contributed by atoms with Crippen LogP contribution in [-0.4, -0.2) is 36.5 Å². The Morgan fingerprint density at radius 3 is 2.24 bits per heavy atom. The first-order valence-electron chi connectivity index (χ1n) is 5.81. The second-order valence-corrected chi connectivity index (χ2v) is 5.80. The predicted molar refractivity (Wildman–Crippen MR) is 65.2 cm³/mol. The quantitative estimate of drug-likeness (QED) is 0.463. The zero-order valence-electron chi connectivity index (χ0n) is 10.4. The molecular weight excluding hydrogens is 245 g/mol. The Morgan fingerprint density at radius 1 is 1.29 bits per heavy atom. The zero-order valence-corrected chi connectivity index (χ0v) is 11.3. The molecule has 17 heavy (non-hydrogen) atoms. The van der Waals surface area contributed by atoms with Crippen molar-refractivity contribution < 1.29 is 23.5 Å². The molecule has 0 spiro atoms. The number of aliphatic carboxylic acids is 1. The Hall–Kier alpha value is -0.420. The Kier molecular flexibility index (Phi) is 8.43. The van der Waals surface area contributed by atoms with Crippen LogP contribution in [0.15, 0.2) is 0 Å². The molecule has 0 saturated heterocycles. The second kappa shape index (κ2) is 8.64. The van der Waals surface area contributed by atoms with Crippen LogP contribution in [0, 0.1) is 0 Å². The highest BCUT2D eigenvalue weighted by molar-refractivity contribution is 7.53. The summed E-state index contributed by atoms with van der Waals surface area (Å²) in [5, 5.41) is 8.58. The molecule has 0 aromatic rings. The Labute approximate surface area is 102 Å². The first-order chi connectivity index (χ1) is 7.95. The normalized spacial score (nSPS) is 13.6. The van der Waals surface area contributed by atoms with E-state index in [1.807, 2.05) is 0 Å². The molecule has 0 heterocycles. The van der Waals surface area contributed by atoms with E-state index in [0.29, 0.717) is 38.6 Å². The molecule has 0 rings (SSSR count). The number of rotatable bonds is 10. The van der Waals surface area contributed by atoms with Gasteiger partial charge in [-0.2, -0.15) is 0 Å². The van der Waals surface area contributed by atoms with Gasteiger partial charge in [-0.25, -0.2) is 0 Å². The SMILES string of the molecule is CCOP(=O)(CCCCC(N)C(=O)O)OCC. The van der Waals surface area contributed by atoms with Crippen LogP contribution in [-0.2, 0) is 18.4 Å². The second-order valence-electron chi connectivity index (χ2n) is 3.61. The fraction of sp³-hybridized carbons (Fsp3) is 0.900. The van der Waals surface area contributed by atoms with Crippen LogP contribution >= 0.6 is 7.60 Å². The lowest BCUT2D eigenvalue weighted by Gasteiger charge is -2.16. The standard InChI is InChI=1S/C10H22NO5P/c1-3-15-17(14,16-4-2)8-6-5-7-9(11)10(12)13/h9H,3-8,11H2,1-2H3,(H,12,13). The van der Waals surface area contributed by atoms with E-state index in [2.05, 4.69) is 0 Å². The largest absolute Gasteiger partial charge is 0.480 e. The molecule has 0 aliphatic heterocycles. The van der Waals surface area contributed by atoms with Crippen LogP contribution in [0.3, 0.4) is 0 Å². The van der Waals surface area contributed by atoms with Gasteiger partial charge in [0, 0.05) is 0 Å². The van der Waals surface area contributed by atoms with Crippen molar-refractivity contribution in [1.82, 2.24) is 0 Å². The molecule has 0 radical (unpaired) electrons. The molecule has 1 atom stereocenters. The maximum atomic E-state index is 12.0. The van der Waals surface area contributed by atoms with E-state index in [9.17, 15) is 9.36 Å². The summed E-state index contributed by atoms with van der Waals surface area (Å²) in [4.78, 5) is 10.5. The number of hydrogen-bond acceptors (Lipinski definition) is 5. The van der Waals surface area contributed by atoms with E-state index in [1.165, 1.54) is 0 Å². The van der Waals surface area contributed by atoms with Gasteiger partial charge in [-0.1, -0.05) is 6.42 Å². The zero-order chi connectivity index (χ0) is 13.3. The number of carboxylic acids is 1. The molecule has 0 fully saturated rings. The third-order valence-electron chi connectivity index (χ3n) is 2.17. The Balaban J connectivity index is 3.90. The third kappa shape index (κ3) is 7.49. The molecule has 7 heteroatoms. The highest BCUT2D eigenvalue weighted by Crippen LogP contribution is 2.48. The molecular formula is C10H22NO5P. The van der Waals surface area contributed by atoms with Gasteiger partial charge in [-0.15, -0.1) is 0 Å². The molecule has 6 nitrogen and oxygen atoms in total. The van der Waals surface area contributed by atoms with Gasteiger partial charge in [0.25, 0.3) is 0 Å². The van der Waals surface area contributed by atoms with Gasteiger partial charge in [-0.05, 0) is 26.7 Å². The Bertz CT molecular complexity index is 261. The minimum Gasteiger partial charge on any atom is -0.480 e. The van der Waals surface area contributed by atoms with Gasteiger partial charge < -0.3 is 19.9 Å². The number of carboxylic acid groups (broad SMARTS) is 1. The van der Waals surface area contributed by atoms with Crippen molar-refractivity contribution in [2.24, 2.45) is 5.73 Å². The van der Waals surface area contributed by atoms with Gasteiger partial charge in [0.15, 0.2) is 0 Å². The van der Waals surface area contributed by atoms with E-state index in [4.69, 9.17) is 19.9 Å². The van der Waals surface area contributed by atoms with E-state index in [1.54, 1.807) is 13.8 Å². The maximum Gasteiger partial charge on any atom is 0.330 e. The van der Waals surface area contributed by atoms with Crippen molar-refractivity contribution in [2.75, 3.05) is 19.4 Å². The summed E-state index contributed by atoms with van der Waals surface area (Å²) >= 11 is 0. The van der Waals surface area contributed by atoms with E-state index in [-0.39, 0.29) is 0 Å². The summed E-state index contributed by atoms with van der Waals surface area (Å²) in [7, 11) is -2.99. The monoisotopic (exact) mass is 267 g/mol. The number of carbonyl (C=O) groups is 1. The number of hydrogen-bond donors (Lipinski definition) is 2. The van der Waals surface area contributed by atoms with E-state index >= 15 is 0 Å². The van der Waals surface area contributed by atoms with Crippen molar-refractivity contribution in [3.63, 3.8) is 0 Å². The van der Waals surface area contributed by atoms with Crippen molar-refractivity contribution >= 4 is 13.6 Å². The topological polar surface area (TPSA) is 98.9 Å². The maximum absolute atomic E-state index is 12.0. The summed E-state index contributed by atoms with van der Waals surface area (Å²) in [6.07, 6.45) is 1.85. The van der Waals surface area contributed by atoms with Crippen LogP contribution in [0.2, 0.25) is 0 Å². The lowest BCUT2D eigenvalue weighted by Crippen LogP contribution is -2.29. The molecule has 3 N–H and O–H groups in total. The van der Waals surface area contributed by atoms with Crippen molar-refractivity contribution in [3.8, 4) is 0 Å². The number of nitrogens with two attached hydrogens (primary N) is 1. The summed E-state index contributed by atoms with van der Waals surface area (Å²) in [6, 6.07) is -0.853. The molecule has 0 aromatic carbocycles. The van der Waals surface area contributed by atoms with Crippen LogP contribution in [0.5, 0.6) is 0 Å². The number of unbranched alkanes of at least 4 members (excludes halogenated alkanes) is 1. The highest BCUT2D eigenvalue weighted by Gasteiger charge is 2.22. The highest BCUT2D eigenvalue weighted by atomic mass is 31.2. The minimum absolute atomic E-state index is 0.307. The molecule has 0 bridgehead atoms. The fourth-order valence-corrected chi connectivity index (χ4v) is 3.08. The summed E-state index contributed by atoms with van der Waals surface area (Å²) < 4.78 is 22.2. The third-order valence-corrected chi connectivity index (χ3v) is 4.33. The summed E-state index contributed by atoms with van der Waals surface area (Å²) in [5.74, 6) is -1.01. The predicted octanol–water partition coefficient (Wildman–Crippen LogP) is 1.83. The molecule has 0 amide bonds.